The number of rotatable bonds is 5. The highest BCUT2D eigenvalue weighted by Crippen LogP contribution is 2.26. The molecule has 0 amide bonds. The normalized spacial score (nSPS) is 10.8. The molecule has 0 atom stereocenters. The van der Waals surface area contributed by atoms with Gasteiger partial charge in [-0.3, -0.25) is 5.10 Å². The quantitative estimate of drug-likeness (QED) is 0.593. The lowest BCUT2D eigenvalue weighted by Gasteiger charge is -2.02. The van der Waals surface area contributed by atoms with Crippen LogP contribution in [-0.4, -0.2) is 26.9 Å². The molecule has 25 heavy (non-hydrogen) atoms. The van der Waals surface area contributed by atoms with Crippen LogP contribution in [0.4, 0.5) is 0 Å². The minimum Gasteiger partial charge on any atom is -0.494 e. The average Bonchev–Trinajstić information content (AvgIpc) is 3.35. The van der Waals surface area contributed by atoms with Crippen molar-refractivity contribution in [2.24, 2.45) is 0 Å². The molecule has 6 heteroatoms. The van der Waals surface area contributed by atoms with Crippen molar-refractivity contribution >= 4 is 0 Å². The molecule has 2 heterocycles. The Morgan fingerprint density at radius 3 is 2.60 bits per heavy atom. The molecule has 124 valence electrons. The first kappa shape index (κ1) is 15.1. The van der Waals surface area contributed by atoms with Crippen molar-refractivity contribution in [3.63, 3.8) is 0 Å². The van der Waals surface area contributed by atoms with Crippen LogP contribution >= 0.6 is 0 Å². The SMILES string of the molecule is CCOc1ccc(-c2nc(-c3cccc(-c4ccn[nH]4)c3)no2)cc1. The van der Waals surface area contributed by atoms with E-state index in [-0.39, 0.29) is 0 Å². The summed E-state index contributed by atoms with van der Waals surface area (Å²) < 4.78 is 10.9. The summed E-state index contributed by atoms with van der Waals surface area (Å²) in [6, 6.07) is 17.4. The van der Waals surface area contributed by atoms with Crippen LogP contribution in [0.5, 0.6) is 5.75 Å². The summed E-state index contributed by atoms with van der Waals surface area (Å²) in [6.45, 7) is 2.59. The summed E-state index contributed by atoms with van der Waals surface area (Å²) in [5.41, 5.74) is 3.69. The first-order valence-corrected chi connectivity index (χ1v) is 8.00. The van der Waals surface area contributed by atoms with Crippen molar-refractivity contribution < 1.29 is 9.26 Å². The Bertz CT molecular complexity index is 959. The van der Waals surface area contributed by atoms with Crippen LogP contribution in [0, 0.1) is 0 Å². The largest absolute Gasteiger partial charge is 0.494 e. The Morgan fingerprint density at radius 1 is 1.00 bits per heavy atom. The van der Waals surface area contributed by atoms with Gasteiger partial charge in [0.25, 0.3) is 5.89 Å². The van der Waals surface area contributed by atoms with E-state index >= 15 is 0 Å². The van der Waals surface area contributed by atoms with Gasteiger partial charge in [-0.1, -0.05) is 23.4 Å². The van der Waals surface area contributed by atoms with E-state index in [1.54, 1.807) is 6.20 Å². The molecule has 0 fully saturated rings. The second-order valence-corrected chi connectivity index (χ2v) is 5.43. The average molecular weight is 332 g/mol. The fourth-order valence-corrected chi connectivity index (χ4v) is 2.56. The number of aromatic nitrogens is 4. The highest BCUT2D eigenvalue weighted by Gasteiger charge is 2.12. The zero-order valence-electron chi connectivity index (χ0n) is 13.6. The van der Waals surface area contributed by atoms with Gasteiger partial charge in [0, 0.05) is 22.9 Å². The number of aromatic amines is 1. The number of hydrogen-bond donors (Lipinski definition) is 1. The molecule has 0 aliphatic carbocycles. The summed E-state index contributed by atoms with van der Waals surface area (Å²) in [5.74, 6) is 1.84. The van der Waals surface area contributed by atoms with E-state index in [1.165, 1.54) is 0 Å². The molecular formula is C19H16N4O2. The van der Waals surface area contributed by atoms with Gasteiger partial charge in [0.1, 0.15) is 5.75 Å². The number of ether oxygens (including phenoxy) is 1. The van der Waals surface area contributed by atoms with Crippen molar-refractivity contribution in [2.75, 3.05) is 6.61 Å². The third-order valence-electron chi connectivity index (χ3n) is 3.77. The smallest absolute Gasteiger partial charge is 0.258 e. The molecule has 0 bridgehead atoms. The first-order valence-electron chi connectivity index (χ1n) is 8.00. The minimum absolute atomic E-state index is 0.477. The lowest BCUT2D eigenvalue weighted by molar-refractivity contribution is 0.340. The van der Waals surface area contributed by atoms with Crippen molar-refractivity contribution in [1.29, 1.82) is 0 Å². The summed E-state index contributed by atoms with van der Waals surface area (Å²) in [6.07, 6.45) is 1.72. The molecule has 0 unspecified atom stereocenters. The van der Waals surface area contributed by atoms with Gasteiger partial charge < -0.3 is 9.26 Å². The molecule has 0 saturated carbocycles. The van der Waals surface area contributed by atoms with E-state index in [1.807, 2.05) is 61.5 Å². The standard InChI is InChI=1S/C19H16N4O2/c1-2-24-16-8-6-13(7-9-16)19-21-18(23-25-19)15-5-3-4-14(12-15)17-10-11-20-22-17/h3-12H,2H2,1H3,(H,20,22). The van der Waals surface area contributed by atoms with Crippen LogP contribution < -0.4 is 4.74 Å². The second kappa shape index (κ2) is 6.60. The van der Waals surface area contributed by atoms with E-state index < -0.39 is 0 Å². The van der Waals surface area contributed by atoms with E-state index in [0.717, 1.165) is 28.1 Å². The fraction of sp³-hybridized carbons (Fsp3) is 0.105. The second-order valence-electron chi connectivity index (χ2n) is 5.43. The molecule has 0 aliphatic heterocycles. The van der Waals surface area contributed by atoms with E-state index in [0.29, 0.717) is 18.3 Å². The van der Waals surface area contributed by atoms with E-state index in [4.69, 9.17) is 9.26 Å². The molecule has 2 aromatic carbocycles. The molecule has 4 aromatic rings. The predicted molar refractivity (Wildman–Crippen MR) is 93.9 cm³/mol. The van der Waals surface area contributed by atoms with Crippen molar-refractivity contribution in [2.45, 2.75) is 6.92 Å². The molecule has 1 N–H and O–H groups in total. The molecule has 0 aliphatic rings. The number of hydrogen-bond acceptors (Lipinski definition) is 5. The molecular weight excluding hydrogens is 316 g/mol. The summed E-state index contributed by atoms with van der Waals surface area (Å²) >= 11 is 0. The molecule has 6 nitrogen and oxygen atoms in total. The summed E-state index contributed by atoms with van der Waals surface area (Å²) in [4.78, 5) is 4.50. The van der Waals surface area contributed by atoms with Gasteiger partial charge >= 0.3 is 0 Å². The van der Waals surface area contributed by atoms with E-state index in [9.17, 15) is 0 Å². The van der Waals surface area contributed by atoms with Gasteiger partial charge in [-0.2, -0.15) is 10.1 Å². The number of nitrogens with zero attached hydrogens (tertiary/aromatic N) is 3. The Balaban J connectivity index is 1.62. The van der Waals surface area contributed by atoms with Crippen molar-refractivity contribution in [3.8, 4) is 39.8 Å². The van der Waals surface area contributed by atoms with E-state index in [2.05, 4.69) is 20.3 Å². The summed E-state index contributed by atoms with van der Waals surface area (Å²) in [5, 5.41) is 11.0. The van der Waals surface area contributed by atoms with Crippen LogP contribution in [-0.2, 0) is 0 Å². The Morgan fingerprint density at radius 2 is 1.84 bits per heavy atom. The maximum absolute atomic E-state index is 5.45. The maximum Gasteiger partial charge on any atom is 0.258 e. The van der Waals surface area contributed by atoms with Gasteiger partial charge in [0.2, 0.25) is 5.82 Å². The van der Waals surface area contributed by atoms with Crippen molar-refractivity contribution in [1.82, 2.24) is 20.3 Å². The molecule has 4 rings (SSSR count). The molecule has 2 aromatic heterocycles. The highest BCUT2D eigenvalue weighted by atomic mass is 16.5. The number of benzene rings is 2. The fourth-order valence-electron chi connectivity index (χ4n) is 2.56. The van der Waals surface area contributed by atoms with Gasteiger partial charge in [-0.05, 0) is 43.3 Å². The number of nitrogens with one attached hydrogen (secondary N) is 1. The van der Waals surface area contributed by atoms with Crippen LogP contribution in [0.1, 0.15) is 6.92 Å². The van der Waals surface area contributed by atoms with Crippen LogP contribution in [0.3, 0.4) is 0 Å². The monoisotopic (exact) mass is 332 g/mol. The minimum atomic E-state index is 0.477. The first-order chi connectivity index (χ1) is 12.3. The molecule has 0 spiro atoms. The van der Waals surface area contributed by atoms with Crippen LogP contribution in [0.25, 0.3) is 34.1 Å². The number of H-pyrrole nitrogens is 1. The Labute approximate surface area is 144 Å². The third-order valence-corrected chi connectivity index (χ3v) is 3.77. The lowest BCUT2D eigenvalue weighted by Crippen LogP contribution is -1.90. The van der Waals surface area contributed by atoms with Gasteiger partial charge in [-0.25, -0.2) is 0 Å². The van der Waals surface area contributed by atoms with Crippen molar-refractivity contribution in [3.05, 3.63) is 60.8 Å². The van der Waals surface area contributed by atoms with Crippen LogP contribution in [0.2, 0.25) is 0 Å². The maximum atomic E-state index is 5.45. The molecule has 0 saturated heterocycles. The topological polar surface area (TPSA) is 76.8 Å². The lowest BCUT2D eigenvalue weighted by atomic mass is 10.1. The van der Waals surface area contributed by atoms with Gasteiger partial charge in [-0.15, -0.1) is 0 Å². The van der Waals surface area contributed by atoms with Gasteiger partial charge in [0.15, 0.2) is 0 Å². The predicted octanol–water partition coefficient (Wildman–Crippen LogP) is 4.19. The Hall–Kier alpha value is -3.41. The molecule has 0 radical (unpaired) electrons. The summed E-state index contributed by atoms with van der Waals surface area (Å²) in [7, 11) is 0. The van der Waals surface area contributed by atoms with Crippen LogP contribution in [0.15, 0.2) is 65.3 Å². The van der Waals surface area contributed by atoms with Gasteiger partial charge in [0.05, 0.1) is 12.3 Å². The Kier molecular flexibility index (Phi) is 4.00. The zero-order chi connectivity index (χ0) is 17.1. The third kappa shape index (κ3) is 3.14. The zero-order valence-corrected chi connectivity index (χ0v) is 13.6. The highest BCUT2D eigenvalue weighted by molar-refractivity contribution is 5.68.